The first-order valence-electron chi connectivity index (χ1n) is 8.58. The van der Waals surface area contributed by atoms with Crippen LogP contribution in [0.25, 0.3) is 10.9 Å². The van der Waals surface area contributed by atoms with Crippen molar-refractivity contribution in [2.24, 2.45) is 13.0 Å². The third-order valence-electron chi connectivity index (χ3n) is 5.40. The molecule has 1 atom stereocenters. The Balaban J connectivity index is 1.54. The van der Waals surface area contributed by atoms with Crippen molar-refractivity contribution in [2.45, 2.75) is 31.8 Å². The first-order valence-corrected chi connectivity index (χ1v) is 8.96. The summed E-state index contributed by atoms with van der Waals surface area (Å²) in [6.45, 7) is 1.87. The van der Waals surface area contributed by atoms with E-state index in [9.17, 15) is 0 Å². The molecule has 5 nitrogen and oxygen atoms in total. The van der Waals surface area contributed by atoms with Crippen molar-refractivity contribution >= 4 is 22.5 Å². The fourth-order valence-electron chi connectivity index (χ4n) is 4.12. The van der Waals surface area contributed by atoms with Crippen LogP contribution in [-0.2, 0) is 20.0 Å². The molecule has 3 aromatic rings. The number of H-pyrrole nitrogens is 1. The highest BCUT2D eigenvalue weighted by atomic mass is 35.5. The van der Waals surface area contributed by atoms with Crippen LogP contribution in [0.15, 0.2) is 24.5 Å². The van der Waals surface area contributed by atoms with E-state index in [1.807, 2.05) is 30.2 Å². The monoisotopic (exact) mass is 341 g/mol. The molecule has 1 fully saturated rings. The molecule has 2 aliphatic rings. The van der Waals surface area contributed by atoms with E-state index in [0.29, 0.717) is 6.04 Å². The van der Waals surface area contributed by atoms with Gasteiger partial charge in [-0.1, -0.05) is 17.7 Å². The summed E-state index contributed by atoms with van der Waals surface area (Å²) in [6, 6.07) is 6.44. The van der Waals surface area contributed by atoms with Gasteiger partial charge in [-0.05, 0) is 30.9 Å². The topological polar surface area (TPSA) is 49.7 Å². The molecule has 0 saturated heterocycles. The molecule has 0 bridgehead atoms. The summed E-state index contributed by atoms with van der Waals surface area (Å²) in [5, 5.41) is 6.64. The van der Waals surface area contributed by atoms with Crippen molar-refractivity contribution in [1.82, 2.24) is 24.6 Å². The minimum Gasteiger partial charge on any atom is -0.348 e. The average Bonchev–Trinajstić information content (AvgIpc) is 3.20. The summed E-state index contributed by atoms with van der Waals surface area (Å²) in [5.74, 6) is 0.734. The largest absolute Gasteiger partial charge is 0.348 e. The second-order valence-corrected chi connectivity index (χ2v) is 7.38. The van der Waals surface area contributed by atoms with Crippen LogP contribution in [-0.4, -0.2) is 31.2 Å². The number of fused-ring (bicyclic) bond motifs is 2. The van der Waals surface area contributed by atoms with E-state index >= 15 is 0 Å². The molecule has 6 heteroatoms. The van der Waals surface area contributed by atoms with E-state index < -0.39 is 0 Å². The second-order valence-electron chi connectivity index (χ2n) is 6.97. The number of nitrogens with one attached hydrogen (secondary N) is 1. The SMILES string of the molecule is Cn1nc(CN2CCc3[nH]cnc3[C@H]2C2CC2)c2c(Cl)cccc21. The van der Waals surface area contributed by atoms with Crippen molar-refractivity contribution in [1.29, 1.82) is 0 Å². The summed E-state index contributed by atoms with van der Waals surface area (Å²) in [7, 11) is 1.99. The van der Waals surface area contributed by atoms with Crippen molar-refractivity contribution in [3.8, 4) is 0 Å². The number of rotatable bonds is 3. The molecule has 0 unspecified atom stereocenters. The van der Waals surface area contributed by atoms with Gasteiger partial charge < -0.3 is 4.98 Å². The lowest BCUT2D eigenvalue weighted by Crippen LogP contribution is -2.36. The Morgan fingerprint density at radius 1 is 1.33 bits per heavy atom. The fourth-order valence-corrected chi connectivity index (χ4v) is 4.40. The highest BCUT2D eigenvalue weighted by Gasteiger charge is 2.41. The zero-order valence-electron chi connectivity index (χ0n) is 13.7. The van der Waals surface area contributed by atoms with E-state index in [1.165, 1.54) is 24.2 Å². The average molecular weight is 342 g/mol. The van der Waals surface area contributed by atoms with Gasteiger partial charge in [0.15, 0.2) is 0 Å². The first-order chi connectivity index (χ1) is 11.7. The number of benzene rings is 1. The fraction of sp³-hybridized carbons (Fsp3) is 0.444. The Bertz CT molecular complexity index is 907. The molecule has 1 saturated carbocycles. The van der Waals surface area contributed by atoms with Crippen LogP contribution in [0.2, 0.25) is 5.02 Å². The van der Waals surface area contributed by atoms with Gasteiger partial charge in [-0.2, -0.15) is 5.10 Å². The standard InChI is InChI=1S/C18H20ClN5/c1-23-15-4-2-3-12(19)16(15)14(22-23)9-24-8-7-13-17(21-10-20-13)18(24)11-5-6-11/h2-4,10-11,18H,5-9H2,1H3,(H,20,21)/t18-/m1/s1. The lowest BCUT2D eigenvalue weighted by Gasteiger charge is -2.34. The number of imidazole rings is 1. The third kappa shape index (κ3) is 2.19. The number of nitrogens with zero attached hydrogens (tertiary/aromatic N) is 4. The third-order valence-corrected chi connectivity index (χ3v) is 5.71. The van der Waals surface area contributed by atoms with Crippen molar-refractivity contribution in [3.05, 3.63) is 46.6 Å². The minimum atomic E-state index is 0.416. The summed E-state index contributed by atoms with van der Waals surface area (Å²) in [4.78, 5) is 10.5. The number of hydrogen-bond donors (Lipinski definition) is 1. The molecule has 2 aromatic heterocycles. The predicted molar refractivity (Wildman–Crippen MR) is 93.9 cm³/mol. The van der Waals surface area contributed by atoms with Gasteiger partial charge in [0.05, 0.1) is 34.3 Å². The Morgan fingerprint density at radius 3 is 3.04 bits per heavy atom. The van der Waals surface area contributed by atoms with Crippen LogP contribution in [0.4, 0.5) is 0 Å². The maximum Gasteiger partial charge on any atom is 0.0925 e. The van der Waals surface area contributed by atoms with Crippen LogP contribution in [0.1, 0.15) is 36.0 Å². The van der Waals surface area contributed by atoms with Gasteiger partial charge >= 0.3 is 0 Å². The Kier molecular flexibility index (Phi) is 3.22. The van der Waals surface area contributed by atoms with Crippen LogP contribution >= 0.6 is 11.6 Å². The molecule has 3 heterocycles. The molecular formula is C18H20ClN5. The van der Waals surface area contributed by atoms with Gasteiger partial charge in [-0.3, -0.25) is 9.58 Å². The molecule has 1 N–H and O–H groups in total. The molecule has 1 aromatic carbocycles. The molecule has 5 rings (SSSR count). The highest BCUT2D eigenvalue weighted by molar-refractivity contribution is 6.35. The number of aryl methyl sites for hydroxylation is 1. The van der Waals surface area contributed by atoms with E-state index in [1.54, 1.807) is 0 Å². The lowest BCUT2D eigenvalue weighted by atomic mass is 9.98. The van der Waals surface area contributed by atoms with Crippen molar-refractivity contribution in [2.75, 3.05) is 6.54 Å². The Hall–Kier alpha value is -1.85. The predicted octanol–water partition coefficient (Wildman–Crippen LogP) is 3.46. The summed E-state index contributed by atoms with van der Waals surface area (Å²) in [6.07, 6.45) is 5.47. The number of aromatic amines is 1. The molecule has 0 amide bonds. The van der Waals surface area contributed by atoms with Gasteiger partial charge in [-0.25, -0.2) is 4.98 Å². The van der Waals surface area contributed by atoms with E-state index in [4.69, 9.17) is 16.7 Å². The van der Waals surface area contributed by atoms with Crippen molar-refractivity contribution < 1.29 is 0 Å². The quantitative estimate of drug-likeness (QED) is 0.793. The number of hydrogen-bond acceptors (Lipinski definition) is 3. The summed E-state index contributed by atoms with van der Waals surface area (Å²) < 4.78 is 1.94. The maximum atomic E-state index is 6.48. The van der Waals surface area contributed by atoms with Crippen LogP contribution in [0, 0.1) is 5.92 Å². The zero-order valence-corrected chi connectivity index (χ0v) is 14.4. The molecule has 124 valence electrons. The van der Waals surface area contributed by atoms with Crippen molar-refractivity contribution in [3.63, 3.8) is 0 Å². The molecule has 0 spiro atoms. The van der Waals surface area contributed by atoms with Crippen LogP contribution in [0.3, 0.4) is 0 Å². The van der Waals surface area contributed by atoms with Gasteiger partial charge in [0.1, 0.15) is 0 Å². The zero-order chi connectivity index (χ0) is 16.3. The van der Waals surface area contributed by atoms with Crippen LogP contribution in [0.5, 0.6) is 0 Å². The first kappa shape index (κ1) is 14.5. The molecule has 0 radical (unpaired) electrons. The second kappa shape index (κ2) is 5.33. The normalized spacial score (nSPS) is 21.3. The van der Waals surface area contributed by atoms with Gasteiger partial charge in [-0.15, -0.1) is 0 Å². The van der Waals surface area contributed by atoms with Crippen LogP contribution < -0.4 is 0 Å². The number of aromatic nitrogens is 4. The molecule has 24 heavy (non-hydrogen) atoms. The van der Waals surface area contributed by atoms with Gasteiger partial charge in [0, 0.05) is 37.6 Å². The minimum absolute atomic E-state index is 0.416. The molecule has 1 aliphatic carbocycles. The number of halogens is 1. The molecular weight excluding hydrogens is 322 g/mol. The smallest absolute Gasteiger partial charge is 0.0925 e. The lowest BCUT2D eigenvalue weighted by molar-refractivity contribution is 0.151. The molecule has 1 aliphatic heterocycles. The van der Waals surface area contributed by atoms with Gasteiger partial charge in [0.25, 0.3) is 0 Å². The van der Waals surface area contributed by atoms with E-state index in [0.717, 1.165) is 47.0 Å². The summed E-state index contributed by atoms with van der Waals surface area (Å²) in [5.41, 5.74) is 4.72. The Labute approximate surface area is 145 Å². The highest BCUT2D eigenvalue weighted by Crippen LogP contribution is 2.47. The summed E-state index contributed by atoms with van der Waals surface area (Å²) >= 11 is 6.48. The van der Waals surface area contributed by atoms with E-state index in [-0.39, 0.29) is 0 Å². The van der Waals surface area contributed by atoms with Gasteiger partial charge in [0.2, 0.25) is 0 Å². The van der Waals surface area contributed by atoms with E-state index in [2.05, 4.69) is 20.9 Å². The maximum absolute atomic E-state index is 6.48. The Morgan fingerprint density at radius 2 is 2.21 bits per heavy atom.